The van der Waals surface area contributed by atoms with Gasteiger partial charge in [-0.15, -0.1) is 0 Å². The third-order valence-corrected chi connectivity index (χ3v) is 5.19. The second kappa shape index (κ2) is 7.96. The van der Waals surface area contributed by atoms with Crippen LogP contribution in [0.4, 0.5) is 9.18 Å². The van der Waals surface area contributed by atoms with Crippen LogP contribution in [0.1, 0.15) is 23.6 Å². The van der Waals surface area contributed by atoms with Crippen molar-refractivity contribution in [3.05, 3.63) is 65.5 Å². The summed E-state index contributed by atoms with van der Waals surface area (Å²) < 4.78 is 18.7. The normalized spacial score (nSPS) is 19.9. The van der Waals surface area contributed by atoms with Crippen molar-refractivity contribution >= 4 is 6.03 Å². The molecule has 27 heavy (non-hydrogen) atoms. The summed E-state index contributed by atoms with van der Waals surface area (Å²) in [5.74, 6) is 0.638. The average molecular weight is 369 g/mol. The fourth-order valence-electron chi connectivity index (χ4n) is 3.70. The zero-order chi connectivity index (χ0) is 18.6. The van der Waals surface area contributed by atoms with Crippen LogP contribution in [0.5, 0.6) is 5.75 Å². The van der Waals surface area contributed by atoms with E-state index in [2.05, 4.69) is 10.2 Å². The van der Waals surface area contributed by atoms with Crippen molar-refractivity contribution in [3.8, 4) is 5.75 Å². The molecule has 2 aromatic carbocycles. The second-order valence-electron chi connectivity index (χ2n) is 7.09. The molecule has 6 heteroatoms. The summed E-state index contributed by atoms with van der Waals surface area (Å²) in [5, 5.41) is 3.11. The zero-order valence-electron chi connectivity index (χ0n) is 15.2. The molecule has 2 amide bonds. The van der Waals surface area contributed by atoms with Gasteiger partial charge in [0.1, 0.15) is 18.2 Å². The third kappa shape index (κ3) is 4.22. The van der Waals surface area contributed by atoms with Crippen LogP contribution in [-0.2, 0) is 6.54 Å². The van der Waals surface area contributed by atoms with Gasteiger partial charge in [0.15, 0.2) is 0 Å². The standard InChI is InChI=1S/C21H24FN3O2/c22-17-8-6-16(7-9-17)14-24-10-3-11-25(13-12-24)21(26)23-19-15-27-20-5-2-1-4-18(19)20/h1-2,4-9,19H,3,10-15H2,(H,23,26). The summed E-state index contributed by atoms with van der Waals surface area (Å²) in [6.07, 6.45) is 0.923. The van der Waals surface area contributed by atoms with Gasteiger partial charge in [-0.1, -0.05) is 30.3 Å². The highest BCUT2D eigenvalue weighted by molar-refractivity contribution is 5.75. The summed E-state index contributed by atoms with van der Waals surface area (Å²) in [6.45, 7) is 4.41. The maximum absolute atomic E-state index is 13.1. The van der Waals surface area contributed by atoms with E-state index in [4.69, 9.17) is 4.74 Å². The number of hydrogen-bond acceptors (Lipinski definition) is 3. The van der Waals surface area contributed by atoms with Gasteiger partial charge in [-0.2, -0.15) is 0 Å². The van der Waals surface area contributed by atoms with Crippen LogP contribution in [0, 0.1) is 5.82 Å². The minimum atomic E-state index is -0.213. The monoisotopic (exact) mass is 369 g/mol. The number of halogens is 1. The smallest absolute Gasteiger partial charge is 0.318 e. The first-order chi connectivity index (χ1) is 13.2. The number of para-hydroxylation sites is 1. The van der Waals surface area contributed by atoms with Crippen LogP contribution >= 0.6 is 0 Å². The number of nitrogens with zero attached hydrogens (tertiary/aromatic N) is 2. The average Bonchev–Trinajstić information content (AvgIpc) is 2.93. The fraction of sp³-hybridized carbons (Fsp3) is 0.381. The Morgan fingerprint density at radius 1 is 1.07 bits per heavy atom. The minimum absolute atomic E-state index is 0.0380. The van der Waals surface area contributed by atoms with Gasteiger partial charge >= 0.3 is 6.03 Å². The maximum Gasteiger partial charge on any atom is 0.318 e. The first kappa shape index (κ1) is 17.8. The van der Waals surface area contributed by atoms with E-state index in [0.717, 1.165) is 49.5 Å². The number of rotatable bonds is 3. The van der Waals surface area contributed by atoms with Crippen LogP contribution in [0.15, 0.2) is 48.5 Å². The molecular weight excluding hydrogens is 345 g/mol. The number of hydrogen-bond donors (Lipinski definition) is 1. The van der Waals surface area contributed by atoms with Gasteiger partial charge in [0.2, 0.25) is 0 Å². The third-order valence-electron chi connectivity index (χ3n) is 5.19. The molecule has 0 spiro atoms. The predicted molar refractivity (Wildman–Crippen MR) is 101 cm³/mol. The molecule has 0 bridgehead atoms. The van der Waals surface area contributed by atoms with Crippen molar-refractivity contribution in [3.63, 3.8) is 0 Å². The summed E-state index contributed by atoms with van der Waals surface area (Å²) in [5.41, 5.74) is 2.13. The minimum Gasteiger partial charge on any atom is -0.491 e. The molecule has 5 nitrogen and oxygen atoms in total. The summed E-state index contributed by atoms with van der Waals surface area (Å²) in [7, 11) is 0. The lowest BCUT2D eigenvalue weighted by Crippen LogP contribution is -2.43. The number of nitrogens with one attached hydrogen (secondary N) is 1. The lowest BCUT2D eigenvalue weighted by Gasteiger charge is -2.24. The molecule has 2 aromatic rings. The topological polar surface area (TPSA) is 44.8 Å². The molecule has 1 atom stereocenters. The van der Waals surface area contributed by atoms with Crippen LogP contribution in [0.25, 0.3) is 0 Å². The number of urea groups is 1. The molecule has 1 N–H and O–H groups in total. The number of benzene rings is 2. The number of fused-ring (bicyclic) bond motifs is 1. The van der Waals surface area contributed by atoms with Crippen molar-refractivity contribution in [2.75, 3.05) is 32.8 Å². The van der Waals surface area contributed by atoms with Gasteiger partial charge in [0.25, 0.3) is 0 Å². The Morgan fingerprint density at radius 2 is 1.89 bits per heavy atom. The quantitative estimate of drug-likeness (QED) is 0.904. The number of ether oxygens (including phenoxy) is 1. The molecule has 0 aliphatic carbocycles. The Kier molecular flexibility index (Phi) is 5.25. The van der Waals surface area contributed by atoms with Crippen LogP contribution in [0.3, 0.4) is 0 Å². The molecule has 0 saturated carbocycles. The molecule has 1 fully saturated rings. The highest BCUT2D eigenvalue weighted by Gasteiger charge is 2.27. The van der Waals surface area contributed by atoms with Crippen molar-refractivity contribution in [2.24, 2.45) is 0 Å². The van der Waals surface area contributed by atoms with Crippen molar-refractivity contribution in [1.82, 2.24) is 15.1 Å². The van der Waals surface area contributed by atoms with E-state index in [1.165, 1.54) is 12.1 Å². The van der Waals surface area contributed by atoms with E-state index >= 15 is 0 Å². The number of carbonyl (C=O) groups excluding carboxylic acids is 1. The van der Waals surface area contributed by atoms with Crippen molar-refractivity contribution in [1.29, 1.82) is 0 Å². The molecule has 2 aliphatic heterocycles. The number of carbonyl (C=O) groups is 1. The van der Waals surface area contributed by atoms with Gasteiger partial charge in [-0.05, 0) is 30.2 Å². The molecule has 1 unspecified atom stereocenters. The maximum atomic E-state index is 13.1. The summed E-state index contributed by atoms with van der Waals surface area (Å²) in [6, 6.07) is 14.3. The summed E-state index contributed by atoms with van der Waals surface area (Å²) >= 11 is 0. The van der Waals surface area contributed by atoms with Gasteiger partial charge in [0, 0.05) is 38.3 Å². The van der Waals surface area contributed by atoms with Crippen LogP contribution in [-0.4, -0.2) is 48.6 Å². The lowest BCUT2D eigenvalue weighted by atomic mass is 10.1. The Hall–Kier alpha value is -2.60. The largest absolute Gasteiger partial charge is 0.491 e. The highest BCUT2D eigenvalue weighted by atomic mass is 19.1. The number of amides is 2. The molecule has 0 radical (unpaired) electrons. The molecule has 0 aromatic heterocycles. The predicted octanol–water partition coefficient (Wildman–Crippen LogP) is 3.18. The summed E-state index contributed by atoms with van der Waals surface area (Å²) in [4.78, 5) is 16.9. The Labute approximate surface area is 158 Å². The van der Waals surface area contributed by atoms with E-state index in [-0.39, 0.29) is 17.9 Å². The van der Waals surface area contributed by atoms with E-state index < -0.39 is 0 Å². The molecular formula is C21H24FN3O2. The van der Waals surface area contributed by atoms with Crippen LogP contribution < -0.4 is 10.1 Å². The molecule has 2 heterocycles. The van der Waals surface area contributed by atoms with E-state index in [1.807, 2.05) is 41.3 Å². The van der Waals surface area contributed by atoms with Gasteiger partial charge in [0.05, 0.1) is 6.04 Å². The van der Waals surface area contributed by atoms with E-state index in [0.29, 0.717) is 13.2 Å². The van der Waals surface area contributed by atoms with Crippen molar-refractivity contribution in [2.45, 2.75) is 19.0 Å². The first-order valence-corrected chi connectivity index (χ1v) is 9.43. The highest BCUT2D eigenvalue weighted by Crippen LogP contribution is 2.31. The van der Waals surface area contributed by atoms with E-state index in [1.54, 1.807) is 0 Å². The van der Waals surface area contributed by atoms with Crippen molar-refractivity contribution < 1.29 is 13.9 Å². The Balaban J connectivity index is 1.31. The first-order valence-electron chi connectivity index (χ1n) is 9.43. The van der Waals surface area contributed by atoms with Gasteiger partial charge in [-0.25, -0.2) is 9.18 Å². The molecule has 2 aliphatic rings. The Bertz CT molecular complexity index is 796. The van der Waals surface area contributed by atoms with Gasteiger partial charge < -0.3 is 15.0 Å². The second-order valence-corrected chi connectivity index (χ2v) is 7.09. The Morgan fingerprint density at radius 3 is 2.74 bits per heavy atom. The lowest BCUT2D eigenvalue weighted by molar-refractivity contribution is 0.190. The molecule has 1 saturated heterocycles. The molecule has 142 valence electrons. The van der Waals surface area contributed by atoms with E-state index in [9.17, 15) is 9.18 Å². The molecule has 4 rings (SSSR count). The van der Waals surface area contributed by atoms with Gasteiger partial charge in [-0.3, -0.25) is 4.90 Å². The fourth-order valence-corrected chi connectivity index (χ4v) is 3.70. The SMILES string of the molecule is O=C(NC1COc2ccccc21)N1CCCN(Cc2ccc(F)cc2)CC1. The zero-order valence-corrected chi connectivity index (χ0v) is 15.2. The van der Waals surface area contributed by atoms with Crippen LogP contribution in [0.2, 0.25) is 0 Å².